The summed E-state index contributed by atoms with van der Waals surface area (Å²) in [6.45, 7) is 0. The summed E-state index contributed by atoms with van der Waals surface area (Å²) in [4.78, 5) is 0. The van der Waals surface area contributed by atoms with Crippen LogP contribution in [0, 0.1) is 0 Å². The molecule has 0 aliphatic rings. The van der Waals surface area contributed by atoms with Gasteiger partial charge in [-0.15, -0.1) is 0 Å². The number of phenols is 1. The van der Waals surface area contributed by atoms with Crippen LogP contribution in [0.2, 0.25) is 0 Å². The molecule has 110 valence electrons. The van der Waals surface area contributed by atoms with E-state index in [0.717, 1.165) is 5.56 Å². The van der Waals surface area contributed by atoms with Crippen molar-refractivity contribution < 1.29 is 5.11 Å². The summed E-state index contributed by atoms with van der Waals surface area (Å²) < 4.78 is 0. The van der Waals surface area contributed by atoms with Crippen molar-refractivity contribution in [2.75, 3.05) is 5.75 Å². The number of benzene rings is 3. The van der Waals surface area contributed by atoms with Gasteiger partial charge in [0.05, 0.1) is 5.41 Å². The van der Waals surface area contributed by atoms with Gasteiger partial charge in [0.15, 0.2) is 0 Å². The second-order valence-corrected chi connectivity index (χ2v) is 5.66. The lowest BCUT2D eigenvalue weighted by Crippen LogP contribution is -2.31. The van der Waals surface area contributed by atoms with Gasteiger partial charge in [-0.2, -0.15) is 12.6 Å². The molecule has 0 aliphatic carbocycles. The van der Waals surface area contributed by atoms with Crippen molar-refractivity contribution >= 4 is 12.6 Å². The SMILES string of the molecule is Oc1ccc(C(CS)(c2ccccc2)c2ccccc2)cc1. The van der Waals surface area contributed by atoms with E-state index in [1.54, 1.807) is 12.1 Å². The van der Waals surface area contributed by atoms with Crippen molar-refractivity contribution in [3.05, 3.63) is 102 Å². The van der Waals surface area contributed by atoms with Gasteiger partial charge in [0.25, 0.3) is 0 Å². The van der Waals surface area contributed by atoms with E-state index in [9.17, 15) is 5.11 Å². The van der Waals surface area contributed by atoms with Crippen LogP contribution in [0.3, 0.4) is 0 Å². The fraction of sp³-hybridized carbons (Fsp3) is 0.100. The van der Waals surface area contributed by atoms with Crippen LogP contribution in [-0.2, 0) is 5.41 Å². The monoisotopic (exact) mass is 306 g/mol. The maximum atomic E-state index is 9.62. The van der Waals surface area contributed by atoms with E-state index in [1.807, 2.05) is 24.3 Å². The average molecular weight is 306 g/mol. The molecule has 0 fully saturated rings. The molecule has 3 aromatic carbocycles. The average Bonchev–Trinajstić information content (AvgIpc) is 2.59. The number of aromatic hydroxyl groups is 1. The summed E-state index contributed by atoms with van der Waals surface area (Å²) in [6, 6.07) is 28.2. The number of thiol groups is 1. The van der Waals surface area contributed by atoms with Crippen LogP contribution < -0.4 is 0 Å². The molecule has 22 heavy (non-hydrogen) atoms. The summed E-state index contributed by atoms with van der Waals surface area (Å²) in [7, 11) is 0. The van der Waals surface area contributed by atoms with Crippen molar-refractivity contribution in [3.63, 3.8) is 0 Å². The van der Waals surface area contributed by atoms with Crippen LogP contribution in [0.4, 0.5) is 0 Å². The number of hydrogen-bond acceptors (Lipinski definition) is 2. The Labute approximate surface area is 136 Å². The van der Waals surface area contributed by atoms with Gasteiger partial charge in [-0.3, -0.25) is 0 Å². The van der Waals surface area contributed by atoms with E-state index >= 15 is 0 Å². The lowest BCUT2D eigenvalue weighted by Gasteiger charge is -2.34. The molecule has 0 unspecified atom stereocenters. The fourth-order valence-electron chi connectivity index (χ4n) is 2.97. The van der Waals surface area contributed by atoms with Gasteiger partial charge in [-0.1, -0.05) is 72.8 Å². The molecule has 0 atom stereocenters. The first-order chi connectivity index (χ1) is 10.8. The molecule has 0 amide bonds. The van der Waals surface area contributed by atoms with Crippen LogP contribution in [0.1, 0.15) is 16.7 Å². The van der Waals surface area contributed by atoms with Crippen LogP contribution in [0.15, 0.2) is 84.9 Å². The molecule has 1 nitrogen and oxygen atoms in total. The van der Waals surface area contributed by atoms with Crippen LogP contribution in [0.25, 0.3) is 0 Å². The highest BCUT2D eigenvalue weighted by molar-refractivity contribution is 7.80. The Hall–Kier alpha value is -2.19. The summed E-state index contributed by atoms with van der Waals surface area (Å²) >= 11 is 4.70. The van der Waals surface area contributed by atoms with Gasteiger partial charge in [0, 0.05) is 5.75 Å². The van der Waals surface area contributed by atoms with Crippen molar-refractivity contribution in [1.29, 1.82) is 0 Å². The van der Waals surface area contributed by atoms with Gasteiger partial charge >= 0.3 is 0 Å². The van der Waals surface area contributed by atoms with Gasteiger partial charge < -0.3 is 5.11 Å². The third-order valence-corrected chi connectivity index (χ3v) is 4.60. The largest absolute Gasteiger partial charge is 0.508 e. The third kappa shape index (κ3) is 2.51. The zero-order chi connectivity index (χ0) is 15.4. The molecule has 3 aromatic rings. The van der Waals surface area contributed by atoms with Gasteiger partial charge in [-0.25, -0.2) is 0 Å². The highest BCUT2D eigenvalue weighted by atomic mass is 32.1. The van der Waals surface area contributed by atoms with Crippen molar-refractivity contribution in [2.45, 2.75) is 5.41 Å². The normalized spacial score (nSPS) is 11.3. The molecule has 0 bridgehead atoms. The summed E-state index contributed by atoms with van der Waals surface area (Å²) in [5.41, 5.74) is 3.18. The van der Waals surface area contributed by atoms with Crippen molar-refractivity contribution in [2.24, 2.45) is 0 Å². The van der Waals surface area contributed by atoms with Crippen molar-refractivity contribution in [3.8, 4) is 5.75 Å². The highest BCUT2D eigenvalue weighted by Gasteiger charge is 2.34. The Kier molecular flexibility index (Phi) is 4.21. The summed E-state index contributed by atoms with van der Waals surface area (Å²) in [5.74, 6) is 0.921. The van der Waals surface area contributed by atoms with E-state index in [2.05, 4.69) is 48.5 Å². The topological polar surface area (TPSA) is 20.2 Å². The van der Waals surface area contributed by atoms with E-state index in [-0.39, 0.29) is 11.2 Å². The minimum Gasteiger partial charge on any atom is -0.508 e. The van der Waals surface area contributed by atoms with Crippen LogP contribution >= 0.6 is 12.6 Å². The third-order valence-electron chi connectivity index (χ3n) is 4.13. The highest BCUT2D eigenvalue weighted by Crippen LogP contribution is 2.40. The van der Waals surface area contributed by atoms with E-state index in [4.69, 9.17) is 12.6 Å². The zero-order valence-corrected chi connectivity index (χ0v) is 13.1. The number of rotatable bonds is 4. The van der Waals surface area contributed by atoms with E-state index in [1.165, 1.54) is 11.1 Å². The molecule has 3 rings (SSSR count). The predicted octanol–water partition coefficient (Wildman–Crippen LogP) is 4.66. The standard InChI is InChI=1S/C20H18OS/c21-19-13-11-18(12-14-19)20(15-22,16-7-3-1-4-8-16)17-9-5-2-6-10-17/h1-14,21-22H,15H2. The molecule has 2 heteroatoms. The maximum Gasteiger partial charge on any atom is 0.115 e. The predicted molar refractivity (Wildman–Crippen MR) is 94.7 cm³/mol. The lowest BCUT2D eigenvalue weighted by molar-refractivity contribution is 0.474. The molecule has 0 aliphatic heterocycles. The van der Waals surface area contributed by atoms with E-state index in [0.29, 0.717) is 5.75 Å². The molecular weight excluding hydrogens is 288 g/mol. The van der Waals surface area contributed by atoms with Crippen LogP contribution in [-0.4, -0.2) is 10.9 Å². The Balaban J connectivity index is 2.28. The molecule has 1 N–H and O–H groups in total. The second kappa shape index (κ2) is 6.29. The Bertz CT molecular complexity index is 681. The summed E-state index contributed by atoms with van der Waals surface area (Å²) in [5, 5.41) is 9.62. The Morgan fingerprint density at radius 2 is 1.05 bits per heavy atom. The molecule has 0 saturated carbocycles. The molecule has 0 spiro atoms. The molecular formula is C20H18OS. The first-order valence-corrected chi connectivity index (χ1v) is 7.92. The van der Waals surface area contributed by atoms with Gasteiger partial charge in [0.1, 0.15) is 5.75 Å². The zero-order valence-electron chi connectivity index (χ0n) is 12.2. The molecule has 0 heterocycles. The molecule has 0 saturated heterocycles. The maximum absolute atomic E-state index is 9.62. The van der Waals surface area contributed by atoms with Gasteiger partial charge in [0.2, 0.25) is 0 Å². The second-order valence-electron chi connectivity index (χ2n) is 5.34. The minimum atomic E-state index is -0.334. The summed E-state index contributed by atoms with van der Waals surface area (Å²) in [6.07, 6.45) is 0. The Morgan fingerprint density at radius 3 is 1.45 bits per heavy atom. The minimum absolute atomic E-state index is 0.276. The van der Waals surface area contributed by atoms with E-state index < -0.39 is 0 Å². The smallest absolute Gasteiger partial charge is 0.115 e. The molecule has 0 aromatic heterocycles. The fourth-order valence-corrected chi connectivity index (χ4v) is 3.51. The van der Waals surface area contributed by atoms with Crippen LogP contribution in [0.5, 0.6) is 5.75 Å². The number of phenolic OH excluding ortho intramolecular Hbond substituents is 1. The Morgan fingerprint density at radius 1 is 0.636 bits per heavy atom. The molecule has 0 radical (unpaired) electrons. The first-order valence-electron chi connectivity index (χ1n) is 7.29. The number of hydrogen-bond donors (Lipinski definition) is 2. The van der Waals surface area contributed by atoms with Gasteiger partial charge in [-0.05, 0) is 28.8 Å². The quantitative estimate of drug-likeness (QED) is 0.531. The van der Waals surface area contributed by atoms with Crippen molar-refractivity contribution in [1.82, 2.24) is 0 Å². The lowest BCUT2D eigenvalue weighted by atomic mass is 9.71. The first kappa shape index (κ1) is 14.7.